The Kier molecular flexibility index (Phi) is 6.38. The average molecular weight is 524 g/mol. The second kappa shape index (κ2) is 9.81. The molecule has 3 aromatic heterocycles. The van der Waals surface area contributed by atoms with Crippen molar-refractivity contribution in [2.45, 2.75) is 12.7 Å². The first-order valence-electron chi connectivity index (χ1n) is 11.0. The van der Waals surface area contributed by atoms with Gasteiger partial charge in [0.1, 0.15) is 40.6 Å². The molecule has 0 aliphatic carbocycles. The van der Waals surface area contributed by atoms with E-state index in [2.05, 4.69) is 25.3 Å². The lowest BCUT2D eigenvalue weighted by Crippen LogP contribution is -2.38. The Labute approximate surface area is 211 Å². The summed E-state index contributed by atoms with van der Waals surface area (Å²) < 4.78 is 75.2. The van der Waals surface area contributed by atoms with Crippen molar-refractivity contribution in [2.24, 2.45) is 0 Å². The van der Waals surface area contributed by atoms with Crippen LogP contribution in [0.15, 0.2) is 60.9 Å². The van der Waals surface area contributed by atoms with Crippen molar-refractivity contribution >= 4 is 11.0 Å². The molecule has 38 heavy (non-hydrogen) atoms. The van der Waals surface area contributed by atoms with Crippen LogP contribution in [0.4, 0.5) is 22.0 Å². The molecular formula is C25H15F5N7O+. The molecule has 0 saturated heterocycles. The average Bonchev–Trinajstić information content (AvgIpc) is 3.32. The molecule has 0 unspecified atom stereocenters. The third-order valence-electron chi connectivity index (χ3n) is 5.49. The molecule has 13 heteroatoms. The molecule has 190 valence electrons. The van der Waals surface area contributed by atoms with Crippen LogP contribution in [0.3, 0.4) is 0 Å². The van der Waals surface area contributed by atoms with Gasteiger partial charge in [0, 0.05) is 5.56 Å². The Bertz CT molecular complexity index is 1680. The SMILES string of the molecule is N#CCOc1ccc(-c2ccc(C[n+]3cc4[nH]c(-c5cccc(F)c5F)nc4cn3)nn2)c(C(F)(F)F)c1. The molecule has 0 atom stereocenters. The molecule has 2 aromatic carbocycles. The summed E-state index contributed by atoms with van der Waals surface area (Å²) >= 11 is 0. The van der Waals surface area contributed by atoms with E-state index in [0.717, 1.165) is 12.1 Å². The van der Waals surface area contributed by atoms with Crippen molar-refractivity contribution in [3.05, 3.63) is 83.8 Å². The van der Waals surface area contributed by atoms with Gasteiger partial charge < -0.3 is 9.72 Å². The van der Waals surface area contributed by atoms with Crippen LogP contribution >= 0.6 is 0 Å². The smallest absolute Gasteiger partial charge is 0.417 e. The Morgan fingerprint density at radius 1 is 1.03 bits per heavy atom. The van der Waals surface area contributed by atoms with Crippen molar-refractivity contribution in [3.63, 3.8) is 0 Å². The monoisotopic (exact) mass is 524 g/mol. The highest BCUT2D eigenvalue weighted by atomic mass is 19.4. The number of hydrogen-bond acceptors (Lipinski definition) is 6. The van der Waals surface area contributed by atoms with Crippen LogP contribution in [-0.4, -0.2) is 31.9 Å². The number of nitrogens with zero attached hydrogens (tertiary/aromatic N) is 6. The zero-order valence-electron chi connectivity index (χ0n) is 19.2. The van der Waals surface area contributed by atoms with Gasteiger partial charge in [-0.15, -0.1) is 5.10 Å². The maximum absolute atomic E-state index is 14.1. The number of nitriles is 1. The van der Waals surface area contributed by atoms with E-state index in [1.807, 2.05) is 0 Å². The molecule has 1 N–H and O–H groups in total. The van der Waals surface area contributed by atoms with E-state index in [4.69, 9.17) is 10.00 Å². The van der Waals surface area contributed by atoms with Gasteiger partial charge in [0.15, 0.2) is 18.2 Å². The van der Waals surface area contributed by atoms with Crippen LogP contribution in [0.2, 0.25) is 0 Å². The summed E-state index contributed by atoms with van der Waals surface area (Å²) in [6.45, 7) is -0.261. The van der Waals surface area contributed by atoms with Crippen molar-refractivity contribution in [2.75, 3.05) is 6.61 Å². The van der Waals surface area contributed by atoms with Gasteiger partial charge in [-0.2, -0.15) is 23.5 Å². The quantitative estimate of drug-likeness (QED) is 0.257. The summed E-state index contributed by atoms with van der Waals surface area (Å²) in [5.41, 5.74) is 0.127. The van der Waals surface area contributed by atoms with E-state index in [1.54, 1.807) is 12.3 Å². The summed E-state index contributed by atoms with van der Waals surface area (Å²) in [4.78, 5) is 7.17. The number of H-pyrrole nitrogens is 1. The molecule has 0 aliphatic heterocycles. The first kappa shape index (κ1) is 24.7. The largest absolute Gasteiger partial charge is 0.479 e. The first-order chi connectivity index (χ1) is 18.2. The summed E-state index contributed by atoms with van der Waals surface area (Å²) in [6.07, 6.45) is -1.67. The molecule has 5 aromatic rings. The fourth-order valence-electron chi connectivity index (χ4n) is 3.75. The predicted molar refractivity (Wildman–Crippen MR) is 122 cm³/mol. The minimum absolute atomic E-state index is 0.00310. The molecule has 0 saturated carbocycles. The van der Waals surface area contributed by atoms with E-state index in [1.165, 1.54) is 47.3 Å². The lowest BCUT2D eigenvalue weighted by Gasteiger charge is -2.14. The number of alkyl halides is 3. The number of benzene rings is 2. The third kappa shape index (κ3) is 4.96. The van der Waals surface area contributed by atoms with Gasteiger partial charge in [-0.25, -0.2) is 13.8 Å². The molecule has 5 rings (SSSR count). The normalized spacial score (nSPS) is 11.5. The Morgan fingerprint density at radius 3 is 2.61 bits per heavy atom. The maximum Gasteiger partial charge on any atom is 0.417 e. The summed E-state index contributed by atoms with van der Waals surface area (Å²) in [5.74, 6) is -1.98. The van der Waals surface area contributed by atoms with Gasteiger partial charge in [0.05, 0.1) is 16.8 Å². The first-order valence-corrected chi connectivity index (χ1v) is 11.0. The van der Waals surface area contributed by atoms with Gasteiger partial charge in [0.2, 0.25) is 12.7 Å². The minimum atomic E-state index is -4.69. The number of rotatable bonds is 6. The third-order valence-corrected chi connectivity index (χ3v) is 5.49. The predicted octanol–water partition coefficient (Wildman–Crippen LogP) is 4.62. The Hall–Kier alpha value is -4.99. The highest BCUT2D eigenvalue weighted by Gasteiger charge is 2.34. The summed E-state index contributed by atoms with van der Waals surface area (Å²) in [7, 11) is 0. The molecule has 0 aliphatic rings. The summed E-state index contributed by atoms with van der Waals surface area (Å²) in [6, 6.07) is 11.7. The number of ether oxygens (including phenoxy) is 1. The summed E-state index contributed by atoms with van der Waals surface area (Å²) in [5, 5.41) is 20.8. The number of imidazole rings is 1. The van der Waals surface area contributed by atoms with Crippen molar-refractivity contribution in [1.82, 2.24) is 25.3 Å². The standard InChI is InChI=1S/C25H14F5N7O/c26-19-3-1-2-17(23(19)27)24-33-21-11-32-37(13-22(21)34-24)12-14-4-7-20(36-35-14)16-6-5-15(38-9-8-31)10-18(16)25(28,29)30/h1-7,10-11,13H,9,12H2/p+1. The van der Waals surface area contributed by atoms with Crippen LogP contribution in [0, 0.1) is 23.0 Å². The molecule has 3 heterocycles. The lowest BCUT2D eigenvalue weighted by atomic mass is 10.0. The number of aromatic amines is 1. The Balaban J connectivity index is 1.39. The van der Waals surface area contributed by atoms with Crippen LogP contribution in [0.1, 0.15) is 11.3 Å². The van der Waals surface area contributed by atoms with Gasteiger partial charge in [-0.05, 0) is 47.6 Å². The topological polar surface area (TPSA) is 104 Å². The number of fused-ring (bicyclic) bond motifs is 1. The van der Waals surface area contributed by atoms with Crippen molar-refractivity contribution in [3.8, 4) is 34.5 Å². The van der Waals surface area contributed by atoms with E-state index in [9.17, 15) is 22.0 Å². The second-order valence-electron chi connectivity index (χ2n) is 8.02. The molecule has 0 fully saturated rings. The van der Waals surface area contributed by atoms with Gasteiger partial charge >= 0.3 is 6.18 Å². The molecule has 8 nitrogen and oxygen atoms in total. The van der Waals surface area contributed by atoms with Crippen LogP contribution in [-0.2, 0) is 12.7 Å². The fourth-order valence-corrected chi connectivity index (χ4v) is 3.75. The lowest BCUT2D eigenvalue weighted by molar-refractivity contribution is -0.745. The molecule has 0 amide bonds. The number of nitrogens with one attached hydrogen (secondary N) is 1. The molecular weight excluding hydrogens is 509 g/mol. The molecule has 0 bridgehead atoms. The number of halogens is 5. The van der Waals surface area contributed by atoms with E-state index in [0.29, 0.717) is 16.7 Å². The zero-order valence-corrected chi connectivity index (χ0v) is 19.2. The van der Waals surface area contributed by atoms with Crippen LogP contribution < -0.4 is 9.42 Å². The highest BCUT2D eigenvalue weighted by Crippen LogP contribution is 2.38. The fraction of sp³-hybridized carbons (Fsp3) is 0.120. The zero-order chi connectivity index (χ0) is 26.9. The minimum Gasteiger partial charge on any atom is -0.479 e. The van der Waals surface area contributed by atoms with Gasteiger partial charge in [-0.1, -0.05) is 10.7 Å². The van der Waals surface area contributed by atoms with Crippen LogP contribution in [0.5, 0.6) is 5.75 Å². The maximum atomic E-state index is 14.1. The molecule has 0 radical (unpaired) electrons. The van der Waals surface area contributed by atoms with E-state index in [-0.39, 0.29) is 41.5 Å². The Morgan fingerprint density at radius 2 is 1.87 bits per heavy atom. The van der Waals surface area contributed by atoms with Gasteiger partial charge in [-0.3, -0.25) is 0 Å². The van der Waals surface area contributed by atoms with Crippen molar-refractivity contribution in [1.29, 1.82) is 5.26 Å². The second-order valence-corrected chi connectivity index (χ2v) is 8.02. The van der Waals surface area contributed by atoms with Gasteiger partial charge in [0.25, 0.3) is 0 Å². The molecule has 0 spiro atoms. The highest BCUT2D eigenvalue weighted by molar-refractivity contribution is 5.77. The number of aromatic nitrogens is 6. The van der Waals surface area contributed by atoms with E-state index >= 15 is 0 Å². The van der Waals surface area contributed by atoms with Crippen molar-refractivity contribution < 1.29 is 31.4 Å². The number of hydrogen-bond donors (Lipinski definition) is 1. The van der Waals surface area contributed by atoms with Crippen LogP contribution in [0.25, 0.3) is 33.7 Å². The van der Waals surface area contributed by atoms with E-state index < -0.39 is 23.4 Å².